The van der Waals surface area contributed by atoms with Crippen LogP contribution in [0, 0.1) is 0 Å². The van der Waals surface area contributed by atoms with E-state index < -0.39 is 0 Å². The lowest BCUT2D eigenvalue weighted by Gasteiger charge is -2.04. The summed E-state index contributed by atoms with van der Waals surface area (Å²) in [5, 5.41) is 0. The van der Waals surface area contributed by atoms with Crippen molar-refractivity contribution in [3.8, 4) is 0 Å². The van der Waals surface area contributed by atoms with Gasteiger partial charge in [0.25, 0.3) is 0 Å². The Labute approximate surface area is 119 Å². The predicted octanol–water partition coefficient (Wildman–Crippen LogP) is 4.08. The molecule has 1 aromatic heterocycles. The van der Waals surface area contributed by atoms with Crippen LogP contribution in [0.15, 0.2) is 34.8 Å². The molecule has 0 fully saturated rings. The van der Waals surface area contributed by atoms with Gasteiger partial charge in [-0.15, -0.1) is 11.3 Å². The highest BCUT2D eigenvalue weighted by atomic mass is 79.9. The molecule has 0 aliphatic heterocycles. The van der Waals surface area contributed by atoms with Crippen molar-refractivity contribution in [3.63, 3.8) is 0 Å². The number of anilines is 1. The minimum atomic E-state index is 0.0736. The molecule has 0 saturated heterocycles. The third-order valence-electron chi connectivity index (χ3n) is 2.71. The summed E-state index contributed by atoms with van der Waals surface area (Å²) >= 11 is 5.03. The average Bonchev–Trinajstić information content (AvgIpc) is 2.76. The van der Waals surface area contributed by atoms with E-state index in [-0.39, 0.29) is 5.78 Å². The van der Waals surface area contributed by atoms with Gasteiger partial charge in [-0.25, -0.2) is 0 Å². The number of benzene rings is 1. The number of hydrogen-bond donors (Lipinski definition) is 1. The first-order chi connectivity index (χ1) is 8.60. The lowest BCUT2D eigenvalue weighted by molar-refractivity contribution is 0.0994. The molecule has 2 N–H and O–H groups in total. The van der Waals surface area contributed by atoms with Gasteiger partial charge >= 0.3 is 0 Å². The second-order valence-electron chi connectivity index (χ2n) is 4.05. The van der Waals surface area contributed by atoms with E-state index in [0.717, 1.165) is 15.8 Å². The van der Waals surface area contributed by atoms with Crippen molar-refractivity contribution in [3.05, 3.63) is 50.1 Å². The normalized spacial score (nSPS) is 10.6. The number of rotatable bonds is 4. The Bertz CT molecular complexity index is 577. The number of ketones is 1. The fourth-order valence-corrected chi connectivity index (χ4v) is 3.08. The maximum Gasteiger partial charge on any atom is 0.170 e. The van der Waals surface area contributed by atoms with Crippen LogP contribution in [0.3, 0.4) is 0 Å². The van der Waals surface area contributed by atoms with Crippen LogP contribution >= 0.6 is 27.3 Å². The summed E-state index contributed by atoms with van der Waals surface area (Å²) in [4.78, 5) is 14.6. The molecule has 0 bridgehead atoms. The summed E-state index contributed by atoms with van der Waals surface area (Å²) < 4.78 is 0.890. The van der Waals surface area contributed by atoms with Crippen LogP contribution in [0.1, 0.15) is 27.0 Å². The zero-order chi connectivity index (χ0) is 13.1. The van der Waals surface area contributed by atoms with Crippen LogP contribution in [-0.2, 0) is 12.8 Å². The molecule has 0 aliphatic carbocycles. The van der Waals surface area contributed by atoms with Crippen molar-refractivity contribution < 1.29 is 4.79 Å². The van der Waals surface area contributed by atoms with Crippen LogP contribution in [0.2, 0.25) is 0 Å². The summed E-state index contributed by atoms with van der Waals surface area (Å²) in [5.74, 6) is 0.0736. The third-order valence-corrected chi connectivity index (χ3v) is 4.44. The third kappa shape index (κ3) is 3.00. The van der Waals surface area contributed by atoms with Crippen molar-refractivity contribution in [1.29, 1.82) is 0 Å². The summed E-state index contributed by atoms with van der Waals surface area (Å²) in [6, 6.07) is 9.49. The quantitative estimate of drug-likeness (QED) is 0.680. The molecule has 0 spiro atoms. The van der Waals surface area contributed by atoms with E-state index in [9.17, 15) is 4.79 Å². The second kappa shape index (κ2) is 5.67. The lowest BCUT2D eigenvalue weighted by atomic mass is 10.1. The van der Waals surface area contributed by atoms with E-state index >= 15 is 0 Å². The van der Waals surface area contributed by atoms with Gasteiger partial charge in [0.1, 0.15) is 0 Å². The number of carbonyl (C=O) groups is 1. The Kier molecular flexibility index (Phi) is 4.19. The highest BCUT2D eigenvalue weighted by Gasteiger charge is 2.12. The van der Waals surface area contributed by atoms with Gasteiger partial charge in [-0.2, -0.15) is 0 Å². The minimum Gasteiger partial charge on any atom is -0.398 e. The molecule has 0 unspecified atom stereocenters. The Morgan fingerprint density at radius 1 is 1.28 bits per heavy atom. The van der Waals surface area contributed by atoms with Crippen molar-refractivity contribution in [2.24, 2.45) is 0 Å². The maximum atomic E-state index is 12.2. The number of nitrogen functional groups attached to an aromatic ring is 1. The molecule has 2 nitrogen and oxygen atoms in total. The van der Waals surface area contributed by atoms with Gasteiger partial charge in [0, 0.05) is 31.9 Å². The smallest absolute Gasteiger partial charge is 0.170 e. The molecule has 94 valence electrons. The van der Waals surface area contributed by atoms with E-state index in [4.69, 9.17) is 5.73 Å². The Balaban J connectivity index is 2.16. The fourth-order valence-electron chi connectivity index (χ4n) is 1.75. The Morgan fingerprint density at radius 3 is 2.61 bits per heavy atom. The summed E-state index contributed by atoms with van der Waals surface area (Å²) in [7, 11) is 0. The number of halogens is 1. The average molecular weight is 324 g/mol. The van der Waals surface area contributed by atoms with Crippen molar-refractivity contribution in [1.82, 2.24) is 0 Å². The van der Waals surface area contributed by atoms with E-state index in [1.54, 1.807) is 23.5 Å². The molecule has 0 saturated carbocycles. The van der Waals surface area contributed by atoms with E-state index in [1.165, 1.54) is 4.88 Å². The minimum absolute atomic E-state index is 0.0736. The monoisotopic (exact) mass is 323 g/mol. The number of thiophene rings is 1. The van der Waals surface area contributed by atoms with E-state index in [0.29, 0.717) is 17.7 Å². The zero-order valence-corrected chi connectivity index (χ0v) is 12.5. The van der Waals surface area contributed by atoms with Crippen LogP contribution in [0.25, 0.3) is 0 Å². The maximum absolute atomic E-state index is 12.2. The number of carbonyl (C=O) groups excluding carboxylic acids is 1. The highest BCUT2D eigenvalue weighted by Crippen LogP contribution is 2.23. The molecule has 0 aliphatic rings. The molecule has 1 aromatic carbocycles. The first kappa shape index (κ1) is 13.3. The number of Topliss-reactive ketones (excluding diaryl/α,β-unsaturated/α-hetero) is 1. The topological polar surface area (TPSA) is 43.1 Å². The first-order valence-corrected chi connectivity index (χ1v) is 7.37. The molecule has 1 heterocycles. The molecule has 0 radical (unpaired) electrons. The van der Waals surface area contributed by atoms with Crippen molar-refractivity contribution in [2.45, 2.75) is 19.8 Å². The molecule has 0 amide bonds. The van der Waals surface area contributed by atoms with Gasteiger partial charge in [-0.05, 0) is 36.8 Å². The predicted molar refractivity (Wildman–Crippen MR) is 80.3 cm³/mol. The van der Waals surface area contributed by atoms with Gasteiger partial charge in [0.05, 0.1) is 0 Å². The number of nitrogens with two attached hydrogens (primary N) is 1. The zero-order valence-electron chi connectivity index (χ0n) is 10.1. The molecular formula is C14H14BrNOS. The molecular weight excluding hydrogens is 310 g/mol. The molecule has 2 aromatic rings. The molecule has 4 heteroatoms. The van der Waals surface area contributed by atoms with Crippen LogP contribution in [-0.4, -0.2) is 5.78 Å². The van der Waals surface area contributed by atoms with Gasteiger partial charge in [-0.3, -0.25) is 4.79 Å². The first-order valence-electron chi connectivity index (χ1n) is 5.76. The lowest BCUT2D eigenvalue weighted by Crippen LogP contribution is -2.06. The standard InChI is InChI=1S/C14H14BrNOS/c1-2-10-4-5-11(18-10)8-14(17)12-6-3-9(15)7-13(12)16/h3-7H,2,8,16H2,1H3. The van der Waals surface area contributed by atoms with Gasteiger partial charge < -0.3 is 5.73 Å². The SMILES string of the molecule is CCc1ccc(CC(=O)c2ccc(Br)cc2N)s1. The molecule has 0 atom stereocenters. The summed E-state index contributed by atoms with van der Waals surface area (Å²) in [5.41, 5.74) is 6.99. The summed E-state index contributed by atoms with van der Waals surface area (Å²) in [6.45, 7) is 2.12. The summed E-state index contributed by atoms with van der Waals surface area (Å²) in [6.07, 6.45) is 1.44. The Hall–Kier alpha value is -1.13. The number of aryl methyl sites for hydroxylation is 1. The fraction of sp³-hybridized carbons (Fsp3) is 0.214. The van der Waals surface area contributed by atoms with E-state index in [1.807, 2.05) is 12.1 Å². The van der Waals surface area contributed by atoms with Crippen molar-refractivity contribution >= 4 is 38.7 Å². The van der Waals surface area contributed by atoms with Crippen LogP contribution < -0.4 is 5.73 Å². The Morgan fingerprint density at radius 2 is 2.00 bits per heavy atom. The number of hydrogen-bond acceptors (Lipinski definition) is 3. The second-order valence-corrected chi connectivity index (χ2v) is 6.22. The van der Waals surface area contributed by atoms with Gasteiger partial charge in [-0.1, -0.05) is 22.9 Å². The van der Waals surface area contributed by atoms with E-state index in [2.05, 4.69) is 28.9 Å². The van der Waals surface area contributed by atoms with Crippen LogP contribution in [0.5, 0.6) is 0 Å². The van der Waals surface area contributed by atoms with Crippen LogP contribution in [0.4, 0.5) is 5.69 Å². The molecule has 2 rings (SSSR count). The van der Waals surface area contributed by atoms with Crippen molar-refractivity contribution in [2.75, 3.05) is 5.73 Å². The van der Waals surface area contributed by atoms with Gasteiger partial charge in [0.15, 0.2) is 5.78 Å². The van der Waals surface area contributed by atoms with Gasteiger partial charge in [0.2, 0.25) is 0 Å². The largest absolute Gasteiger partial charge is 0.398 e. The highest BCUT2D eigenvalue weighted by molar-refractivity contribution is 9.10. The molecule has 18 heavy (non-hydrogen) atoms.